The van der Waals surface area contributed by atoms with Crippen molar-refractivity contribution in [1.82, 2.24) is 0 Å². The summed E-state index contributed by atoms with van der Waals surface area (Å²) in [6, 6.07) is -0.180. The van der Waals surface area contributed by atoms with Crippen molar-refractivity contribution >= 4 is 43.1 Å². The van der Waals surface area contributed by atoms with Gasteiger partial charge in [-0.3, -0.25) is 4.52 Å². The monoisotopic (exact) mass is 456 g/mol. The van der Waals surface area contributed by atoms with Crippen molar-refractivity contribution in [3.63, 3.8) is 0 Å². The van der Waals surface area contributed by atoms with Gasteiger partial charge in [0.15, 0.2) is 0 Å². The van der Waals surface area contributed by atoms with Gasteiger partial charge in [0.2, 0.25) is 0 Å². The molecule has 6 unspecified atom stereocenters. The molecule has 152 valence electrons. The van der Waals surface area contributed by atoms with Crippen LogP contribution in [0.4, 0.5) is 0 Å². The van der Waals surface area contributed by atoms with Gasteiger partial charge < -0.3 is 29.0 Å². The highest BCUT2D eigenvalue weighted by molar-refractivity contribution is 8.00. The lowest BCUT2D eigenvalue weighted by atomic mass is 9.96. The molecule has 17 heteroatoms. The first-order valence-electron chi connectivity index (χ1n) is 7.56. The van der Waals surface area contributed by atoms with E-state index in [1.807, 2.05) is 0 Å². The Morgan fingerprint density at radius 3 is 2.38 bits per heavy atom. The van der Waals surface area contributed by atoms with Crippen LogP contribution in [0, 0.1) is 0 Å². The largest absolute Gasteiger partial charge is 0.490 e. The number of thioether (sulfide) groups is 1. The van der Waals surface area contributed by atoms with E-state index in [0.29, 0.717) is 6.42 Å². The number of phosphoric acid groups is 3. The van der Waals surface area contributed by atoms with E-state index >= 15 is 0 Å². The third-order valence-corrected chi connectivity index (χ3v) is 8.46. The molecule has 0 aromatic carbocycles. The van der Waals surface area contributed by atoms with Gasteiger partial charge in [-0.2, -0.15) is 8.62 Å². The zero-order valence-electron chi connectivity index (χ0n) is 13.6. The Bertz CT molecular complexity index is 623. The normalized spacial score (nSPS) is 34.5. The van der Waals surface area contributed by atoms with Crippen molar-refractivity contribution in [3.8, 4) is 0 Å². The molecule has 2 aliphatic rings. The summed E-state index contributed by atoms with van der Waals surface area (Å²) in [6.07, 6.45) is 1.36. The Balaban J connectivity index is 1.89. The fourth-order valence-corrected chi connectivity index (χ4v) is 6.71. The summed E-state index contributed by atoms with van der Waals surface area (Å²) in [4.78, 5) is 35.6. The number of hydrogen-bond acceptors (Lipinski definition) is 9. The van der Waals surface area contributed by atoms with Crippen LogP contribution in [0.3, 0.4) is 0 Å². The Hall–Kier alpha value is 0.745. The Labute approximate surface area is 154 Å². The summed E-state index contributed by atoms with van der Waals surface area (Å²) in [5, 5.41) is 0. The Morgan fingerprint density at radius 2 is 1.81 bits per heavy atom. The van der Waals surface area contributed by atoms with Crippen molar-refractivity contribution in [2.24, 2.45) is 0 Å². The quantitative estimate of drug-likeness (QED) is 0.276. The van der Waals surface area contributed by atoms with Gasteiger partial charge >= 0.3 is 23.5 Å². The molecule has 4 N–H and O–H groups in total. The number of phosphoric ester groups is 1. The van der Waals surface area contributed by atoms with Crippen molar-refractivity contribution < 1.29 is 55.9 Å². The maximum Gasteiger partial charge on any atom is 0.490 e. The minimum Gasteiger partial charge on any atom is -0.379 e. The highest BCUT2D eigenvalue weighted by atomic mass is 32.2. The van der Waals surface area contributed by atoms with E-state index in [4.69, 9.17) is 24.2 Å². The lowest BCUT2D eigenvalue weighted by Crippen LogP contribution is -2.31. The summed E-state index contributed by atoms with van der Waals surface area (Å²) in [6.45, 7) is -0.490. The fourth-order valence-electron chi connectivity index (χ4n) is 2.53. The molecule has 2 aliphatic heterocycles. The van der Waals surface area contributed by atoms with Crippen LogP contribution in [-0.2, 0) is 36.3 Å². The number of ether oxygens (including phenoxy) is 2. The van der Waals surface area contributed by atoms with E-state index in [1.54, 1.807) is 19.6 Å². The molecular formula is C9H20BO12P3S. The van der Waals surface area contributed by atoms with Crippen LogP contribution >= 0.6 is 35.2 Å². The highest BCUT2D eigenvalue weighted by Crippen LogP contribution is 2.66. The van der Waals surface area contributed by atoms with Gasteiger partial charge in [-0.1, -0.05) is 0 Å². The van der Waals surface area contributed by atoms with Crippen molar-refractivity contribution in [2.45, 2.75) is 42.9 Å². The van der Waals surface area contributed by atoms with Crippen LogP contribution in [0.2, 0.25) is 0 Å². The van der Waals surface area contributed by atoms with E-state index in [0.717, 1.165) is 18.6 Å². The molecule has 2 saturated heterocycles. The van der Waals surface area contributed by atoms with Crippen LogP contribution in [-0.4, -0.2) is 63.4 Å². The first-order valence-corrected chi connectivity index (χ1v) is 13.1. The summed E-state index contributed by atoms with van der Waals surface area (Å²) < 4.78 is 57.0. The molecule has 0 bridgehead atoms. The Morgan fingerprint density at radius 1 is 1.12 bits per heavy atom. The smallest absolute Gasteiger partial charge is 0.379 e. The van der Waals surface area contributed by atoms with Gasteiger partial charge in [0.1, 0.15) is 19.4 Å². The predicted molar refractivity (Wildman–Crippen MR) is 92.0 cm³/mol. The van der Waals surface area contributed by atoms with E-state index in [-0.39, 0.29) is 11.4 Å². The third kappa shape index (κ3) is 8.01. The van der Waals surface area contributed by atoms with Gasteiger partial charge in [0.05, 0.1) is 12.7 Å². The molecule has 0 aliphatic carbocycles. The van der Waals surface area contributed by atoms with Crippen molar-refractivity contribution in [3.05, 3.63) is 0 Å². The first kappa shape index (κ1) is 23.0. The fraction of sp³-hybridized carbons (Fsp3) is 1.00. The second-order valence-corrected chi connectivity index (χ2v) is 11.4. The van der Waals surface area contributed by atoms with Gasteiger partial charge in [-0.05, 0) is 25.0 Å². The molecule has 6 atom stereocenters. The minimum absolute atomic E-state index is 0.00268. The van der Waals surface area contributed by atoms with E-state index in [2.05, 4.69) is 13.1 Å². The zero-order chi connectivity index (χ0) is 19.6. The first-order chi connectivity index (χ1) is 11.9. The maximum absolute atomic E-state index is 11.8. The summed E-state index contributed by atoms with van der Waals surface area (Å²) in [7, 11) is -14.3. The zero-order valence-corrected chi connectivity index (χ0v) is 17.1. The number of hydrogen-bond donors (Lipinski definition) is 4. The molecule has 26 heavy (non-hydrogen) atoms. The van der Waals surface area contributed by atoms with Gasteiger partial charge in [0, 0.05) is 6.00 Å². The molecule has 2 heterocycles. The standard InChI is InChI=1S/C9H20BO12P3S/c10-8-4-6(20-9-2-1-3-26-9)7(19-8)5-18-24(14,15)22-25(16,17)21-23(11,12)13/h6-9H,1-5,10H2,(H,14,15)(H,16,17)(H2,11,12,13). The lowest BCUT2D eigenvalue weighted by Gasteiger charge is -2.23. The predicted octanol–water partition coefficient (Wildman–Crippen LogP) is 0.316. The summed E-state index contributed by atoms with van der Waals surface area (Å²) in [5.41, 5.74) is 0.00268. The average molecular weight is 456 g/mol. The van der Waals surface area contributed by atoms with E-state index in [1.165, 1.54) is 0 Å². The van der Waals surface area contributed by atoms with Crippen LogP contribution in [0.1, 0.15) is 19.3 Å². The van der Waals surface area contributed by atoms with Crippen molar-refractivity contribution in [1.29, 1.82) is 0 Å². The molecular weight excluding hydrogens is 436 g/mol. The van der Waals surface area contributed by atoms with E-state index < -0.39 is 42.3 Å². The maximum atomic E-state index is 11.8. The molecule has 0 aromatic rings. The van der Waals surface area contributed by atoms with E-state index in [9.17, 15) is 18.6 Å². The molecule has 0 saturated carbocycles. The third-order valence-electron chi connectivity index (χ3n) is 3.42. The number of rotatable bonds is 9. The summed E-state index contributed by atoms with van der Waals surface area (Å²) >= 11 is 1.66. The molecule has 0 radical (unpaired) electrons. The molecule has 0 aromatic heterocycles. The highest BCUT2D eigenvalue weighted by Gasteiger charge is 2.43. The molecule has 0 amide bonds. The molecule has 2 fully saturated rings. The van der Waals surface area contributed by atoms with Crippen LogP contribution in [0.15, 0.2) is 0 Å². The molecule has 2 rings (SSSR count). The minimum atomic E-state index is -5.52. The van der Waals surface area contributed by atoms with Crippen molar-refractivity contribution in [2.75, 3.05) is 12.4 Å². The second kappa shape index (κ2) is 9.05. The van der Waals surface area contributed by atoms with Gasteiger partial charge in [0.25, 0.3) is 0 Å². The second-order valence-electron chi connectivity index (χ2n) is 5.72. The lowest BCUT2D eigenvalue weighted by molar-refractivity contribution is -0.0443. The van der Waals surface area contributed by atoms with Crippen LogP contribution in [0.25, 0.3) is 0 Å². The average Bonchev–Trinajstić information content (AvgIpc) is 3.02. The van der Waals surface area contributed by atoms with Crippen LogP contribution in [0.5, 0.6) is 0 Å². The molecule has 12 nitrogen and oxygen atoms in total. The van der Waals surface area contributed by atoms with Gasteiger partial charge in [-0.25, -0.2) is 13.7 Å². The molecule has 0 spiro atoms. The SMILES string of the molecule is BC1CC(OC2CCCS2)C(COP(=O)(O)OP(=O)(O)OP(=O)(O)O)O1. The summed E-state index contributed by atoms with van der Waals surface area (Å²) in [5.74, 6) is 0.986. The Kier molecular flexibility index (Phi) is 8.01. The topological polar surface area (TPSA) is 178 Å². The van der Waals surface area contributed by atoms with Crippen LogP contribution < -0.4 is 0 Å². The van der Waals surface area contributed by atoms with Gasteiger partial charge in [-0.15, -0.1) is 11.8 Å².